The maximum atomic E-state index is 12.7. The Balaban J connectivity index is 1.99. The van der Waals surface area contributed by atoms with Crippen LogP contribution in [0.1, 0.15) is 36.8 Å². The smallest absolute Gasteiger partial charge is 0.325 e. The van der Waals surface area contributed by atoms with Gasteiger partial charge in [0.1, 0.15) is 5.82 Å². The first-order chi connectivity index (χ1) is 11.3. The zero-order valence-electron chi connectivity index (χ0n) is 13.2. The number of nitrogens with zero attached hydrogens (tertiary/aromatic N) is 2. The lowest BCUT2D eigenvalue weighted by Crippen LogP contribution is -2.08. The molecule has 3 aromatic rings. The van der Waals surface area contributed by atoms with E-state index in [4.69, 9.17) is 0 Å². The van der Waals surface area contributed by atoms with E-state index in [0.717, 1.165) is 39.0 Å². The van der Waals surface area contributed by atoms with Crippen LogP contribution in [0.4, 0.5) is 13.2 Å². The van der Waals surface area contributed by atoms with Crippen molar-refractivity contribution in [1.29, 1.82) is 0 Å². The quantitative estimate of drug-likeness (QED) is 0.531. The fourth-order valence-corrected chi connectivity index (χ4v) is 3.16. The number of aromatic nitrogens is 2. The molecule has 1 aromatic heterocycles. The molecule has 3 rings (SSSR count). The topological polar surface area (TPSA) is 17.8 Å². The fraction of sp³-hybridized carbons (Fsp3) is 0.278. The van der Waals surface area contributed by atoms with Gasteiger partial charge in [0.15, 0.2) is 0 Å². The molecule has 0 radical (unpaired) electrons. The van der Waals surface area contributed by atoms with Crippen molar-refractivity contribution in [1.82, 2.24) is 9.55 Å². The lowest BCUT2D eigenvalue weighted by atomic mass is 10.1. The van der Waals surface area contributed by atoms with Crippen LogP contribution in [0.15, 0.2) is 46.9 Å². The summed E-state index contributed by atoms with van der Waals surface area (Å²) in [5.41, 5.74) is 2.07. The highest BCUT2D eigenvalue weighted by Gasteiger charge is 2.30. The summed E-state index contributed by atoms with van der Waals surface area (Å²) in [6.07, 6.45) is -3.82. The largest absolute Gasteiger partial charge is 0.416 e. The predicted octanol–water partition coefficient (Wildman–Crippen LogP) is 5.99. The van der Waals surface area contributed by atoms with Crippen molar-refractivity contribution in [3.05, 3.63) is 63.9 Å². The Kier molecular flexibility index (Phi) is 4.42. The summed E-state index contributed by atoms with van der Waals surface area (Å²) in [7, 11) is 0. The molecule has 24 heavy (non-hydrogen) atoms. The van der Waals surface area contributed by atoms with Gasteiger partial charge >= 0.3 is 6.18 Å². The third kappa shape index (κ3) is 3.34. The molecule has 0 saturated carbocycles. The van der Waals surface area contributed by atoms with Crippen LogP contribution in [0.25, 0.3) is 11.0 Å². The molecule has 0 unspecified atom stereocenters. The molecule has 0 N–H and O–H groups in total. The Morgan fingerprint density at radius 3 is 2.33 bits per heavy atom. The van der Waals surface area contributed by atoms with Crippen LogP contribution >= 0.6 is 15.9 Å². The highest BCUT2D eigenvalue weighted by atomic mass is 79.9. The van der Waals surface area contributed by atoms with Crippen molar-refractivity contribution in [2.75, 3.05) is 0 Å². The molecule has 0 aliphatic rings. The maximum absolute atomic E-state index is 12.7. The van der Waals surface area contributed by atoms with Gasteiger partial charge in [-0.2, -0.15) is 13.2 Å². The first-order valence-electron chi connectivity index (χ1n) is 7.58. The van der Waals surface area contributed by atoms with Crippen LogP contribution in [0.5, 0.6) is 0 Å². The molecule has 0 atom stereocenters. The average molecular weight is 397 g/mol. The summed E-state index contributed by atoms with van der Waals surface area (Å²) >= 11 is 3.47. The van der Waals surface area contributed by atoms with Crippen LogP contribution in [-0.4, -0.2) is 9.55 Å². The van der Waals surface area contributed by atoms with Gasteiger partial charge in [-0.3, -0.25) is 0 Å². The standard InChI is InChI=1S/C18H16BrF3N2/c1-11(2)24-16-10-14(19)7-8-15(16)23-17(24)9-12-3-5-13(6-4-12)18(20,21)22/h3-8,10-11H,9H2,1-2H3. The normalized spacial score (nSPS) is 12.3. The van der Waals surface area contributed by atoms with Gasteiger partial charge < -0.3 is 4.57 Å². The number of hydrogen-bond donors (Lipinski definition) is 0. The van der Waals surface area contributed by atoms with Crippen molar-refractivity contribution >= 4 is 27.0 Å². The van der Waals surface area contributed by atoms with Crippen LogP contribution in [0, 0.1) is 0 Å². The Labute approximate surface area is 146 Å². The van der Waals surface area contributed by atoms with E-state index in [1.165, 1.54) is 12.1 Å². The second-order valence-corrected chi connectivity index (χ2v) is 6.91. The predicted molar refractivity (Wildman–Crippen MR) is 92.1 cm³/mol. The number of fused-ring (bicyclic) bond motifs is 1. The summed E-state index contributed by atoms with van der Waals surface area (Å²) < 4.78 is 41.1. The lowest BCUT2D eigenvalue weighted by Gasteiger charge is -2.13. The minimum atomic E-state index is -4.31. The van der Waals surface area contributed by atoms with E-state index >= 15 is 0 Å². The van der Waals surface area contributed by atoms with Crippen LogP contribution < -0.4 is 0 Å². The third-order valence-corrected chi connectivity index (χ3v) is 4.38. The van der Waals surface area contributed by atoms with E-state index < -0.39 is 11.7 Å². The van der Waals surface area contributed by atoms with Gasteiger partial charge in [0.25, 0.3) is 0 Å². The minimum Gasteiger partial charge on any atom is -0.325 e. The molecule has 0 fully saturated rings. The summed E-state index contributed by atoms with van der Waals surface area (Å²) in [6, 6.07) is 11.4. The second-order valence-electron chi connectivity index (χ2n) is 6.00. The van der Waals surface area contributed by atoms with Gasteiger partial charge in [0, 0.05) is 16.9 Å². The van der Waals surface area contributed by atoms with Crippen molar-refractivity contribution in [3.8, 4) is 0 Å². The van der Waals surface area contributed by atoms with Gasteiger partial charge in [0.05, 0.1) is 16.6 Å². The molecule has 2 aromatic carbocycles. The highest BCUT2D eigenvalue weighted by molar-refractivity contribution is 9.10. The first kappa shape index (κ1) is 17.0. The van der Waals surface area contributed by atoms with Crippen molar-refractivity contribution in [2.45, 2.75) is 32.5 Å². The Bertz CT molecular complexity index is 864. The molecule has 0 aliphatic carbocycles. The number of rotatable bonds is 3. The van der Waals surface area contributed by atoms with Crippen LogP contribution in [-0.2, 0) is 12.6 Å². The number of hydrogen-bond acceptors (Lipinski definition) is 1. The van der Waals surface area contributed by atoms with Gasteiger partial charge in [0.2, 0.25) is 0 Å². The third-order valence-electron chi connectivity index (χ3n) is 3.88. The van der Waals surface area contributed by atoms with Gasteiger partial charge in [-0.1, -0.05) is 28.1 Å². The molecule has 1 heterocycles. The molecule has 0 aliphatic heterocycles. The Hall–Kier alpha value is -1.82. The molecule has 0 spiro atoms. The number of halogens is 4. The lowest BCUT2D eigenvalue weighted by molar-refractivity contribution is -0.137. The summed E-state index contributed by atoms with van der Waals surface area (Å²) in [5, 5.41) is 0. The van der Waals surface area contributed by atoms with E-state index in [1.54, 1.807) is 0 Å². The van der Waals surface area contributed by atoms with Crippen molar-refractivity contribution < 1.29 is 13.2 Å². The van der Waals surface area contributed by atoms with Crippen LogP contribution in [0.3, 0.4) is 0 Å². The zero-order valence-corrected chi connectivity index (χ0v) is 14.8. The van der Waals surface area contributed by atoms with Crippen molar-refractivity contribution in [3.63, 3.8) is 0 Å². The van der Waals surface area contributed by atoms with E-state index in [9.17, 15) is 13.2 Å². The summed E-state index contributed by atoms with van der Waals surface area (Å²) in [5.74, 6) is 0.845. The monoisotopic (exact) mass is 396 g/mol. The summed E-state index contributed by atoms with van der Waals surface area (Å²) in [6.45, 7) is 4.14. The zero-order chi connectivity index (χ0) is 17.5. The molecule has 2 nitrogen and oxygen atoms in total. The van der Waals surface area contributed by atoms with E-state index in [2.05, 4.69) is 39.3 Å². The van der Waals surface area contributed by atoms with Gasteiger partial charge in [-0.15, -0.1) is 0 Å². The van der Waals surface area contributed by atoms with Gasteiger partial charge in [-0.25, -0.2) is 4.98 Å². The second kappa shape index (κ2) is 6.24. The fourth-order valence-electron chi connectivity index (χ4n) is 2.81. The van der Waals surface area contributed by atoms with Crippen LogP contribution in [0.2, 0.25) is 0 Å². The van der Waals surface area contributed by atoms with E-state index in [-0.39, 0.29) is 6.04 Å². The maximum Gasteiger partial charge on any atom is 0.416 e. The SMILES string of the molecule is CC(C)n1c(Cc2ccc(C(F)(F)F)cc2)nc2ccc(Br)cc21. The molecule has 0 saturated heterocycles. The molecular formula is C18H16BrF3N2. The van der Waals surface area contributed by atoms with E-state index in [0.29, 0.717) is 6.42 Å². The number of benzene rings is 2. The summed E-state index contributed by atoms with van der Waals surface area (Å²) in [4.78, 5) is 4.66. The average Bonchev–Trinajstić information content (AvgIpc) is 2.84. The first-order valence-corrected chi connectivity index (χ1v) is 8.37. The van der Waals surface area contributed by atoms with Gasteiger partial charge in [-0.05, 0) is 49.7 Å². The minimum absolute atomic E-state index is 0.203. The molecule has 126 valence electrons. The Morgan fingerprint density at radius 2 is 1.75 bits per heavy atom. The molecule has 0 amide bonds. The molecule has 6 heteroatoms. The number of imidazole rings is 1. The Morgan fingerprint density at radius 1 is 1.08 bits per heavy atom. The highest BCUT2D eigenvalue weighted by Crippen LogP contribution is 2.30. The van der Waals surface area contributed by atoms with Crippen molar-refractivity contribution in [2.24, 2.45) is 0 Å². The molecule has 0 bridgehead atoms. The van der Waals surface area contributed by atoms with E-state index in [1.807, 2.05) is 18.2 Å². The molecular weight excluding hydrogens is 381 g/mol. The number of alkyl halides is 3.